The summed E-state index contributed by atoms with van der Waals surface area (Å²) < 4.78 is 4.96. The number of carboxylic acids is 1. The molecule has 0 aliphatic rings. The van der Waals surface area contributed by atoms with Gasteiger partial charge in [-0.05, 0) is 31.2 Å². The maximum atomic E-state index is 10.5. The Morgan fingerprint density at radius 1 is 1.25 bits per heavy atom. The van der Waals surface area contributed by atoms with Crippen molar-refractivity contribution in [2.75, 3.05) is 6.61 Å². The fraction of sp³-hybridized carbons (Fsp3) is 0.333. The third-order valence-corrected chi connectivity index (χ3v) is 1.68. The van der Waals surface area contributed by atoms with E-state index in [0.717, 1.165) is 0 Å². The van der Waals surface area contributed by atoms with Gasteiger partial charge in [-0.25, -0.2) is 4.79 Å². The van der Waals surface area contributed by atoms with Crippen LogP contribution in [0.1, 0.15) is 36.7 Å². The summed E-state index contributed by atoms with van der Waals surface area (Å²) >= 11 is 0. The molecule has 0 saturated carbocycles. The number of aromatic carboxylic acids is 1. The number of carboxylic acid groups (broad SMARTS) is 1. The maximum Gasteiger partial charge on any atom is 0.335 e. The van der Waals surface area contributed by atoms with Crippen LogP contribution in [0.3, 0.4) is 0 Å². The van der Waals surface area contributed by atoms with Gasteiger partial charge in [0.05, 0.1) is 12.2 Å². The minimum absolute atomic E-state index is 0.0597. The van der Waals surface area contributed by atoms with E-state index in [0.29, 0.717) is 12.2 Å². The van der Waals surface area contributed by atoms with Crippen LogP contribution in [0, 0.1) is 5.41 Å². The van der Waals surface area contributed by atoms with Crippen LogP contribution in [0.4, 0.5) is 0 Å². The van der Waals surface area contributed by atoms with E-state index >= 15 is 0 Å². The van der Waals surface area contributed by atoms with Crippen molar-refractivity contribution < 1.29 is 14.6 Å². The lowest BCUT2D eigenvalue weighted by atomic mass is 10.1. The van der Waals surface area contributed by atoms with E-state index in [1.54, 1.807) is 19.1 Å². The Balaban J connectivity index is 0.00000106. The molecule has 0 aliphatic heterocycles. The molecule has 1 aromatic rings. The van der Waals surface area contributed by atoms with Crippen LogP contribution in [-0.2, 0) is 4.74 Å². The average Bonchev–Trinajstić information content (AvgIpc) is 2.32. The van der Waals surface area contributed by atoms with E-state index in [9.17, 15) is 4.79 Å². The minimum atomic E-state index is -0.973. The molecule has 0 unspecified atom stereocenters. The second-order valence-electron chi connectivity index (χ2n) is 2.64. The molecule has 1 aromatic carbocycles. The van der Waals surface area contributed by atoms with Crippen LogP contribution in [0.15, 0.2) is 24.3 Å². The molecule has 2 N–H and O–H groups in total. The first-order valence-electron chi connectivity index (χ1n) is 5.20. The van der Waals surface area contributed by atoms with Crippen molar-refractivity contribution in [3.8, 4) is 0 Å². The van der Waals surface area contributed by atoms with Gasteiger partial charge in [0.1, 0.15) is 0 Å². The first kappa shape index (κ1) is 14.2. The zero-order chi connectivity index (χ0) is 12.6. The van der Waals surface area contributed by atoms with Gasteiger partial charge in [0.15, 0.2) is 0 Å². The predicted molar refractivity (Wildman–Crippen MR) is 63.2 cm³/mol. The summed E-state index contributed by atoms with van der Waals surface area (Å²) in [6, 6.07) is 6.01. The molecule has 0 radical (unpaired) electrons. The molecule has 0 spiro atoms. The lowest BCUT2D eigenvalue weighted by Gasteiger charge is -2.04. The summed E-state index contributed by atoms with van der Waals surface area (Å²) in [6.07, 6.45) is 0. The Morgan fingerprint density at radius 2 is 1.69 bits per heavy atom. The Labute approximate surface area is 95.4 Å². The molecule has 4 nitrogen and oxygen atoms in total. The smallest absolute Gasteiger partial charge is 0.335 e. The van der Waals surface area contributed by atoms with Crippen molar-refractivity contribution in [1.29, 1.82) is 5.41 Å². The Morgan fingerprint density at radius 3 is 2.06 bits per heavy atom. The third kappa shape index (κ3) is 4.13. The molecule has 0 saturated heterocycles. The summed E-state index contributed by atoms with van der Waals surface area (Å²) in [7, 11) is 0. The summed E-state index contributed by atoms with van der Waals surface area (Å²) in [4.78, 5) is 10.5. The Kier molecular flexibility index (Phi) is 6.59. The SMILES string of the molecule is CC.CCOC(=N)c1ccc(C(=O)O)cc1. The molecule has 88 valence electrons. The van der Waals surface area contributed by atoms with Gasteiger partial charge in [0.25, 0.3) is 0 Å². The topological polar surface area (TPSA) is 70.4 Å². The highest BCUT2D eigenvalue weighted by Gasteiger charge is 2.04. The standard InChI is InChI=1S/C10H11NO3.C2H6/c1-2-14-9(11)7-3-5-8(6-4-7)10(12)13;1-2/h3-6,11H,2H2,1H3,(H,12,13);1-2H3. The van der Waals surface area contributed by atoms with Crippen LogP contribution in [0.2, 0.25) is 0 Å². The van der Waals surface area contributed by atoms with Crippen molar-refractivity contribution in [2.24, 2.45) is 0 Å². The number of carbonyl (C=O) groups is 1. The highest BCUT2D eigenvalue weighted by molar-refractivity contribution is 5.93. The molecule has 4 heteroatoms. The van der Waals surface area contributed by atoms with Crippen molar-refractivity contribution in [1.82, 2.24) is 0 Å². The first-order chi connectivity index (χ1) is 7.65. The zero-order valence-corrected chi connectivity index (χ0v) is 9.78. The molecule has 0 bridgehead atoms. The fourth-order valence-corrected chi connectivity index (χ4v) is 0.992. The summed E-state index contributed by atoms with van der Waals surface area (Å²) in [6.45, 7) is 6.22. The molecular weight excluding hydrogens is 206 g/mol. The van der Waals surface area contributed by atoms with Crippen LogP contribution in [-0.4, -0.2) is 23.6 Å². The molecule has 16 heavy (non-hydrogen) atoms. The zero-order valence-electron chi connectivity index (χ0n) is 9.78. The largest absolute Gasteiger partial charge is 0.478 e. The van der Waals surface area contributed by atoms with Crippen molar-refractivity contribution in [2.45, 2.75) is 20.8 Å². The van der Waals surface area contributed by atoms with E-state index < -0.39 is 5.97 Å². The van der Waals surface area contributed by atoms with Gasteiger partial charge in [-0.1, -0.05) is 13.8 Å². The summed E-state index contributed by atoms with van der Waals surface area (Å²) in [5.41, 5.74) is 0.787. The van der Waals surface area contributed by atoms with Crippen LogP contribution >= 0.6 is 0 Å². The van der Waals surface area contributed by atoms with Crippen LogP contribution in [0.5, 0.6) is 0 Å². The van der Waals surface area contributed by atoms with E-state index in [-0.39, 0.29) is 11.5 Å². The number of nitrogens with one attached hydrogen (secondary N) is 1. The molecule has 0 aliphatic carbocycles. The number of rotatable bonds is 3. The van der Waals surface area contributed by atoms with Gasteiger partial charge in [0, 0.05) is 5.56 Å². The molecule has 0 amide bonds. The van der Waals surface area contributed by atoms with Gasteiger partial charge in [0.2, 0.25) is 5.90 Å². The summed E-state index contributed by atoms with van der Waals surface area (Å²) in [5.74, 6) is -0.913. The van der Waals surface area contributed by atoms with E-state index in [2.05, 4.69) is 0 Å². The normalized spacial score (nSPS) is 8.69. The van der Waals surface area contributed by atoms with Gasteiger partial charge in [-0.2, -0.15) is 0 Å². The molecular formula is C12H17NO3. The van der Waals surface area contributed by atoms with E-state index in [1.165, 1.54) is 12.1 Å². The minimum Gasteiger partial charge on any atom is -0.478 e. The van der Waals surface area contributed by atoms with Crippen LogP contribution < -0.4 is 0 Å². The van der Waals surface area contributed by atoms with Crippen molar-refractivity contribution in [3.63, 3.8) is 0 Å². The second-order valence-corrected chi connectivity index (χ2v) is 2.64. The van der Waals surface area contributed by atoms with Gasteiger partial charge >= 0.3 is 5.97 Å². The van der Waals surface area contributed by atoms with E-state index in [4.69, 9.17) is 15.3 Å². The number of benzene rings is 1. The Bertz CT molecular complexity index is 344. The van der Waals surface area contributed by atoms with Gasteiger partial charge in [-0.15, -0.1) is 0 Å². The lowest BCUT2D eigenvalue weighted by molar-refractivity contribution is 0.0697. The maximum absolute atomic E-state index is 10.5. The number of ether oxygens (including phenoxy) is 1. The number of hydrogen-bond donors (Lipinski definition) is 2. The lowest BCUT2D eigenvalue weighted by Crippen LogP contribution is -2.05. The molecule has 0 atom stereocenters. The second kappa shape index (κ2) is 7.45. The predicted octanol–water partition coefficient (Wildman–Crippen LogP) is 2.77. The van der Waals surface area contributed by atoms with E-state index in [1.807, 2.05) is 13.8 Å². The number of hydrogen-bond acceptors (Lipinski definition) is 3. The fourth-order valence-electron chi connectivity index (χ4n) is 0.992. The third-order valence-electron chi connectivity index (χ3n) is 1.68. The summed E-state index contributed by atoms with van der Waals surface area (Å²) in [5, 5.41) is 16.1. The highest BCUT2D eigenvalue weighted by atomic mass is 16.5. The Hall–Kier alpha value is -1.84. The van der Waals surface area contributed by atoms with Crippen molar-refractivity contribution in [3.05, 3.63) is 35.4 Å². The molecule has 0 fully saturated rings. The molecule has 0 aromatic heterocycles. The van der Waals surface area contributed by atoms with Gasteiger partial charge < -0.3 is 9.84 Å². The van der Waals surface area contributed by atoms with Crippen LogP contribution in [0.25, 0.3) is 0 Å². The van der Waals surface area contributed by atoms with Crippen molar-refractivity contribution >= 4 is 11.9 Å². The highest BCUT2D eigenvalue weighted by Crippen LogP contribution is 2.05. The average molecular weight is 223 g/mol. The molecule has 0 heterocycles. The molecule has 1 rings (SSSR count). The quantitative estimate of drug-likeness (QED) is 0.611. The van der Waals surface area contributed by atoms with Gasteiger partial charge in [-0.3, -0.25) is 5.41 Å². The first-order valence-corrected chi connectivity index (χ1v) is 5.20. The monoisotopic (exact) mass is 223 g/mol.